The molecule has 3 aliphatic rings. The predicted molar refractivity (Wildman–Crippen MR) is 55.8 cm³/mol. The first-order valence-electron chi connectivity index (χ1n) is 5.61. The average molecular weight is 190 g/mol. The fraction of sp³-hybridized carbons (Fsp3) is 0.636. The van der Waals surface area contributed by atoms with Crippen LogP contribution in [-0.4, -0.2) is 19.3 Å². The molecular formula is C11H15BO2. The molecule has 0 N–H and O–H groups in total. The quantitative estimate of drug-likeness (QED) is 0.590. The first-order chi connectivity index (χ1) is 6.93. The summed E-state index contributed by atoms with van der Waals surface area (Å²) in [5.41, 5.74) is 1.22. The fourth-order valence-electron chi connectivity index (χ4n) is 2.53. The van der Waals surface area contributed by atoms with Crippen molar-refractivity contribution in [3.05, 3.63) is 23.7 Å². The number of fused-ring (bicyclic) bond motifs is 1. The second kappa shape index (κ2) is 3.56. The molecule has 2 aliphatic carbocycles. The minimum absolute atomic E-state index is 0.0677. The molecule has 1 saturated carbocycles. The highest BCUT2D eigenvalue weighted by atomic mass is 16.7. The van der Waals surface area contributed by atoms with Crippen molar-refractivity contribution in [2.24, 2.45) is 0 Å². The monoisotopic (exact) mass is 190 g/mol. The smallest absolute Gasteiger partial charge is 0.402 e. The van der Waals surface area contributed by atoms with E-state index in [0.717, 1.165) is 6.42 Å². The molecule has 0 aromatic heterocycles. The molecule has 0 amide bonds. The summed E-state index contributed by atoms with van der Waals surface area (Å²) in [5.74, 6) is 0. The number of hydrogen-bond donors (Lipinski definition) is 0. The minimum atomic E-state index is -0.0677. The molecule has 3 heteroatoms. The van der Waals surface area contributed by atoms with Crippen molar-refractivity contribution < 1.29 is 9.31 Å². The van der Waals surface area contributed by atoms with Gasteiger partial charge in [-0.25, -0.2) is 0 Å². The van der Waals surface area contributed by atoms with Crippen LogP contribution in [0.25, 0.3) is 0 Å². The lowest BCUT2D eigenvalue weighted by Gasteiger charge is -2.22. The molecule has 2 atom stereocenters. The van der Waals surface area contributed by atoms with Crippen LogP contribution in [0.4, 0.5) is 0 Å². The van der Waals surface area contributed by atoms with E-state index in [1.165, 1.54) is 31.2 Å². The Labute approximate surface area is 85.1 Å². The van der Waals surface area contributed by atoms with Gasteiger partial charge in [0.05, 0.1) is 12.2 Å². The van der Waals surface area contributed by atoms with Crippen molar-refractivity contribution >= 4 is 7.12 Å². The molecular weight excluding hydrogens is 175 g/mol. The van der Waals surface area contributed by atoms with Crippen molar-refractivity contribution in [3.8, 4) is 0 Å². The first kappa shape index (κ1) is 8.75. The zero-order valence-electron chi connectivity index (χ0n) is 8.32. The topological polar surface area (TPSA) is 18.5 Å². The van der Waals surface area contributed by atoms with Crippen molar-refractivity contribution in [3.63, 3.8) is 0 Å². The summed E-state index contributed by atoms with van der Waals surface area (Å²) >= 11 is 0. The van der Waals surface area contributed by atoms with Gasteiger partial charge >= 0.3 is 7.12 Å². The van der Waals surface area contributed by atoms with E-state index in [0.29, 0.717) is 12.2 Å². The summed E-state index contributed by atoms with van der Waals surface area (Å²) < 4.78 is 11.8. The fourth-order valence-corrected chi connectivity index (χ4v) is 2.53. The second-order valence-corrected chi connectivity index (χ2v) is 4.31. The summed E-state index contributed by atoms with van der Waals surface area (Å²) in [6, 6.07) is 0. The SMILES string of the molecule is C1=CC(B2O[C@H]3CCCC[C@H]3O2)=CC1. The third kappa shape index (κ3) is 1.45. The van der Waals surface area contributed by atoms with Gasteiger partial charge in [-0.15, -0.1) is 0 Å². The molecule has 1 aliphatic heterocycles. The van der Waals surface area contributed by atoms with Gasteiger partial charge in [0.25, 0.3) is 0 Å². The Morgan fingerprint density at radius 1 is 1.14 bits per heavy atom. The van der Waals surface area contributed by atoms with E-state index < -0.39 is 0 Å². The highest BCUT2D eigenvalue weighted by Crippen LogP contribution is 2.32. The molecule has 2 nitrogen and oxygen atoms in total. The van der Waals surface area contributed by atoms with Crippen LogP contribution in [0.3, 0.4) is 0 Å². The number of hydrogen-bond acceptors (Lipinski definition) is 2. The molecule has 1 saturated heterocycles. The van der Waals surface area contributed by atoms with Crippen molar-refractivity contribution in [1.29, 1.82) is 0 Å². The van der Waals surface area contributed by atoms with E-state index in [1.54, 1.807) is 0 Å². The summed E-state index contributed by atoms with van der Waals surface area (Å²) in [6.07, 6.45) is 13.2. The lowest BCUT2D eigenvalue weighted by molar-refractivity contribution is 0.110. The third-order valence-corrected chi connectivity index (χ3v) is 3.31. The van der Waals surface area contributed by atoms with Crippen LogP contribution in [0.5, 0.6) is 0 Å². The highest BCUT2D eigenvalue weighted by Gasteiger charge is 2.42. The van der Waals surface area contributed by atoms with Crippen molar-refractivity contribution in [2.45, 2.75) is 44.3 Å². The predicted octanol–water partition coefficient (Wildman–Crippen LogP) is 2.26. The van der Waals surface area contributed by atoms with Gasteiger partial charge in [0.2, 0.25) is 0 Å². The van der Waals surface area contributed by atoms with E-state index in [9.17, 15) is 0 Å². The number of allylic oxidation sites excluding steroid dienone is 4. The van der Waals surface area contributed by atoms with Gasteiger partial charge in [0.1, 0.15) is 0 Å². The lowest BCUT2D eigenvalue weighted by Crippen LogP contribution is -2.25. The summed E-state index contributed by atoms with van der Waals surface area (Å²) in [5, 5.41) is 0. The second-order valence-electron chi connectivity index (χ2n) is 4.31. The Balaban J connectivity index is 1.70. The normalized spacial score (nSPS) is 36.0. The van der Waals surface area contributed by atoms with Gasteiger partial charge in [0, 0.05) is 0 Å². The average Bonchev–Trinajstić information content (AvgIpc) is 2.86. The maximum Gasteiger partial charge on any atom is 0.494 e. The van der Waals surface area contributed by atoms with E-state index in [1.807, 2.05) is 0 Å². The van der Waals surface area contributed by atoms with E-state index in [-0.39, 0.29) is 7.12 Å². The van der Waals surface area contributed by atoms with E-state index >= 15 is 0 Å². The van der Waals surface area contributed by atoms with E-state index in [4.69, 9.17) is 9.31 Å². The maximum absolute atomic E-state index is 5.91. The van der Waals surface area contributed by atoms with Gasteiger partial charge in [-0.05, 0) is 24.7 Å². The van der Waals surface area contributed by atoms with Crippen LogP contribution >= 0.6 is 0 Å². The molecule has 3 rings (SSSR count). The molecule has 1 heterocycles. The maximum atomic E-state index is 5.91. The molecule has 0 radical (unpaired) electrons. The molecule has 0 unspecified atom stereocenters. The van der Waals surface area contributed by atoms with Gasteiger partial charge in [0.15, 0.2) is 0 Å². The molecule has 0 spiro atoms. The zero-order chi connectivity index (χ0) is 9.38. The Morgan fingerprint density at radius 3 is 2.43 bits per heavy atom. The van der Waals surface area contributed by atoms with Crippen LogP contribution in [0.15, 0.2) is 23.7 Å². The van der Waals surface area contributed by atoms with E-state index in [2.05, 4.69) is 18.2 Å². The highest BCUT2D eigenvalue weighted by molar-refractivity contribution is 6.55. The van der Waals surface area contributed by atoms with Gasteiger partial charge in [-0.3, -0.25) is 0 Å². The summed E-state index contributed by atoms with van der Waals surface area (Å²) in [4.78, 5) is 0. The third-order valence-electron chi connectivity index (χ3n) is 3.31. The Kier molecular flexibility index (Phi) is 2.22. The van der Waals surface area contributed by atoms with Gasteiger partial charge in [-0.1, -0.05) is 31.1 Å². The zero-order valence-corrected chi connectivity index (χ0v) is 8.32. The van der Waals surface area contributed by atoms with Crippen LogP contribution in [0.2, 0.25) is 0 Å². The van der Waals surface area contributed by atoms with Crippen LogP contribution in [0.1, 0.15) is 32.1 Å². The molecule has 74 valence electrons. The van der Waals surface area contributed by atoms with Crippen molar-refractivity contribution in [2.75, 3.05) is 0 Å². The Morgan fingerprint density at radius 2 is 1.86 bits per heavy atom. The molecule has 14 heavy (non-hydrogen) atoms. The molecule has 0 aromatic carbocycles. The molecule has 0 aromatic rings. The molecule has 2 fully saturated rings. The van der Waals surface area contributed by atoms with Gasteiger partial charge < -0.3 is 9.31 Å². The standard InChI is InChI=1S/C11H15BO2/c1-2-6-9(5-1)12-13-10-7-3-4-8-11(10)14-12/h1,5-6,10-11H,2-4,7-8H2/t10-,11+. The van der Waals surface area contributed by atoms with Crippen LogP contribution in [-0.2, 0) is 9.31 Å². The Bertz CT molecular complexity index is 271. The van der Waals surface area contributed by atoms with Gasteiger partial charge in [-0.2, -0.15) is 0 Å². The van der Waals surface area contributed by atoms with Crippen molar-refractivity contribution in [1.82, 2.24) is 0 Å². The summed E-state index contributed by atoms with van der Waals surface area (Å²) in [6.45, 7) is 0. The first-order valence-corrected chi connectivity index (χ1v) is 5.61. The molecule has 0 bridgehead atoms. The number of rotatable bonds is 1. The summed E-state index contributed by atoms with van der Waals surface area (Å²) in [7, 11) is -0.0677. The largest absolute Gasteiger partial charge is 0.494 e. The lowest BCUT2D eigenvalue weighted by atomic mass is 9.79. The van der Waals surface area contributed by atoms with Crippen LogP contribution < -0.4 is 0 Å². The minimum Gasteiger partial charge on any atom is -0.402 e. The Hall–Kier alpha value is -0.535. The van der Waals surface area contributed by atoms with Crippen LogP contribution in [0, 0.1) is 0 Å².